The summed E-state index contributed by atoms with van der Waals surface area (Å²) < 4.78 is 27.1. The molecule has 0 radical (unpaired) electrons. The van der Waals surface area contributed by atoms with Gasteiger partial charge in [-0.3, -0.25) is 5.10 Å². The summed E-state index contributed by atoms with van der Waals surface area (Å²) in [6.07, 6.45) is 6.62. The predicted octanol–water partition coefficient (Wildman–Crippen LogP) is 0.855. The molecule has 1 saturated heterocycles. The summed E-state index contributed by atoms with van der Waals surface area (Å²) in [7, 11) is -3.56. The number of piperidine rings is 1. The molecule has 2 atom stereocenters. The van der Waals surface area contributed by atoms with E-state index in [1.54, 1.807) is 4.31 Å². The first-order chi connectivity index (χ1) is 9.14. The maximum absolute atomic E-state index is 12.7. The lowest BCUT2D eigenvalue weighted by molar-refractivity contribution is 0.201. The Labute approximate surface area is 112 Å². The third kappa shape index (κ3) is 2.09. The van der Waals surface area contributed by atoms with Crippen molar-refractivity contribution in [3.8, 4) is 0 Å². The molecule has 2 fully saturated rings. The first-order valence-corrected chi connectivity index (χ1v) is 8.23. The molecule has 106 valence electrons. The lowest BCUT2D eigenvalue weighted by Crippen LogP contribution is -2.46. The van der Waals surface area contributed by atoms with Crippen LogP contribution < -0.4 is 0 Å². The van der Waals surface area contributed by atoms with Crippen molar-refractivity contribution in [2.45, 2.75) is 49.8 Å². The largest absolute Gasteiger partial charge is 0.392 e. The van der Waals surface area contributed by atoms with Crippen LogP contribution in [0.5, 0.6) is 0 Å². The normalized spacial score (nSPS) is 28.5. The van der Waals surface area contributed by atoms with Crippen molar-refractivity contribution in [3.63, 3.8) is 0 Å². The number of rotatable bonds is 3. The highest BCUT2D eigenvalue weighted by atomic mass is 32.2. The number of fused-ring (bicyclic) bond motifs is 1. The molecule has 0 bridgehead atoms. The second kappa shape index (κ2) is 4.88. The molecule has 0 amide bonds. The van der Waals surface area contributed by atoms with E-state index in [0.717, 1.165) is 32.1 Å². The Bertz CT molecular complexity index is 554. The number of aromatic nitrogens is 2. The molecule has 0 spiro atoms. The second-order valence-electron chi connectivity index (χ2n) is 5.40. The molecule has 19 heavy (non-hydrogen) atoms. The average molecular weight is 285 g/mol. The minimum Gasteiger partial charge on any atom is -0.392 e. The maximum Gasteiger partial charge on any atom is 0.260 e. The second-order valence-corrected chi connectivity index (χ2v) is 7.23. The Morgan fingerprint density at radius 3 is 2.95 bits per heavy atom. The molecular formula is C12H19N3O3S. The number of aromatic amines is 1. The quantitative estimate of drug-likeness (QED) is 0.862. The van der Waals surface area contributed by atoms with Crippen LogP contribution >= 0.6 is 0 Å². The van der Waals surface area contributed by atoms with Gasteiger partial charge in [0.1, 0.15) is 0 Å². The average Bonchev–Trinajstić information content (AvgIpc) is 3.06. The van der Waals surface area contributed by atoms with E-state index in [1.165, 1.54) is 6.20 Å². The molecule has 2 heterocycles. The first kappa shape index (κ1) is 13.1. The summed E-state index contributed by atoms with van der Waals surface area (Å²) in [4.78, 5) is 0. The molecule has 1 aromatic heterocycles. The van der Waals surface area contributed by atoms with Crippen LogP contribution in [-0.2, 0) is 16.6 Å². The third-order valence-corrected chi connectivity index (χ3v) is 6.30. The Kier molecular flexibility index (Phi) is 3.36. The summed E-state index contributed by atoms with van der Waals surface area (Å²) in [5.74, 6) is 0.504. The van der Waals surface area contributed by atoms with Gasteiger partial charge in [0.05, 0.1) is 12.8 Å². The summed E-state index contributed by atoms with van der Waals surface area (Å²) >= 11 is 0. The van der Waals surface area contributed by atoms with Crippen molar-refractivity contribution in [1.82, 2.24) is 14.5 Å². The summed E-state index contributed by atoms with van der Waals surface area (Å²) in [5, 5.41) is 15.6. The van der Waals surface area contributed by atoms with Crippen LogP contribution in [-0.4, -0.2) is 40.6 Å². The highest BCUT2D eigenvalue weighted by Crippen LogP contribution is 2.39. The van der Waals surface area contributed by atoms with Gasteiger partial charge in [0.15, 0.2) is 5.03 Å². The van der Waals surface area contributed by atoms with Crippen LogP contribution in [0.4, 0.5) is 0 Å². The lowest BCUT2D eigenvalue weighted by atomic mass is 9.94. The molecule has 2 aliphatic rings. The zero-order valence-electron chi connectivity index (χ0n) is 10.7. The van der Waals surface area contributed by atoms with E-state index in [9.17, 15) is 13.5 Å². The zero-order chi connectivity index (χ0) is 13.5. The summed E-state index contributed by atoms with van der Waals surface area (Å²) in [6.45, 7) is 0.264. The van der Waals surface area contributed by atoms with E-state index in [1.807, 2.05) is 0 Å². The van der Waals surface area contributed by atoms with E-state index in [4.69, 9.17) is 0 Å². The molecule has 1 aliphatic carbocycles. The Hall–Kier alpha value is -0.920. The zero-order valence-corrected chi connectivity index (χ0v) is 11.6. The maximum atomic E-state index is 12.7. The van der Waals surface area contributed by atoms with Gasteiger partial charge in [-0.1, -0.05) is 6.42 Å². The third-order valence-electron chi connectivity index (χ3n) is 4.36. The number of H-pyrrole nitrogens is 1. The van der Waals surface area contributed by atoms with Crippen molar-refractivity contribution in [2.24, 2.45) is 5.92 Å². The smallest absolute Gasteiger partial charge is 0.260 e. The van der Waals surface area contributed by atoms with Crippen LogP contribution in [0.3, 0.4) is 0 Å². The van der Waals surface area contributed by atoms with Gasteiger partial charge in [0.2, 0.25) is 0 Å². The molecule has 3 rings (SSSR count). The minimum absolute atomic E-state index is 0.0579. The standard InChI is InChI=1S/C12H19N3O3S/c16-8-10-7-13-14-12(10)19(17,18)15-6-2-4-9-3-1-5-11(9)15/h7,9,11,16H,1-6,8H2,(H,13,14). The van der Waals surface area contributed by atoms with Crippen molar-refractivity contribution >= 4 is 10.0 Å². The fraction of sp³-hybridized carbons (Fsp3) is 0.750. The van der Waals surface area contributed by atoms with Crippen molar-refractivity contribution in [3.05, 3.63) is 11.8 Å². The lowest BCUT2D eigenvalue weighted by Gasteiger charge is -2.36. The van der Waals surface area contributed by atoms with E-state index in [2.05, 4.69) is 10.2 Å². The Balaban J connectivity index is 1.95. The molecule has 2 N–H and O–H groups in total. The first-order valence-electron chi connectivity index (χ1n) is 6.79. The van der Waals surface area contributed by atoms with E-state index in [0.29, 0.717) is 18.0 Å². The van der Waals surface area contributed by atoms with Crippen LogP contribution in [0.1, 0.15) is 37.7 Å². The summed E-state index contributed by atoms with van der Waals surface area (Å²) in [6, 6.07) is 0.133. The predicted molar refractivity (Wildman–Crippen MR) is 68.8 cm³/mol. The topological polar surface area (TPSA) is 86.3 Å². The Morgan fingerprint density at radius 1 is 1.37 bits per heavy atom. The van der Waals surface area contributed by atoms with E-state index < -0.39 is 10.0 Å². The highest BCUT2D eigenvalue weighted by Gasteiger charge is 2.42. The van der Waals surface area contributed by atoms with Crippen LogP contribution in [0.25, 0.3) is 0 Å². The van der Waals surface area contributed by atoms with Gasteiger partial charge in [-0.25, -0.2) is 8.42 Å². The molecule has 1 aromatic rings. The molecule has 7 heteroatoms. The molecular weight excluding hydrogens is 266 g/mol. The molecule has 0 aromatic carbocycles. The van der Waals surface area contributed by atoms with Crippen molar-refractivity contribution in [1.29, 1.82) is 0 Å². The number of nitrogens with one attached hydrogen (secondary N) is 1. The SMILES string of the molecule is O=S(=O)(c1[nH]ncc1CO)N1CCCC2CCCC21. The van der Waals surface area contributed by atoms with Crippen LogP contribution in [0.15, 0.2) is 11.2 Å². The van der Waals surface area contributed by atoms with Gasteiger partial charge in [0.25, 0.3) is 10.0 Å². The molecule has 2 unspecified atom stereocenters. The van der Waals surface area contributed by atoms with Gasteiger partial charge < -0.3 is 5.11 Å². The number of aliphatic hydroxyl groups excluding tert-OH is 1. The van der Waals surface area contributed by atoms with Crippen LogP contribution in [0.2, 0.25) is 0 Å². The molecule has 6 nitrogen and oxygen atoms in total. The van der Waals surface area contributed by atoms with Crippen molar-refractivity contribution < 1.29 is 13.5 Å². The number of sulfonamides is 1. The van der Waals surface area contributed by atoms with Crippen molar-refractivity contribution in [2.75, 3.05) is 6.54 Å². The number of hydrogen-bond acceptors (Lipinski definition) is 4. The van der Waals surface area contributed by atoms with Gasteiger partial charge >= 0.3 is 0 Å². The number of nitrogens with zero attached hydrogens (tertiary/aromatic N) is 2. The van der Waals surface area contributed by atoms with Gasteiger partial charge in [-0.2, -0.15) is 9.40 Å². The van der Waals surface area contributed by atoms with Gasteiger partial charge in [-0.05, 0) is 31.6 Å². The van der Waals surface area contributed by atoms with Crippen LogP contribution in [0, 0.1) is 5.92 Å². The Morgan fingerprint density at radius 2 is 2.16 bits per heavy atom. The number of aliphatic hydroxyl groups is 1. The monoisotopic (exact) mass is 285 g/mol. The molecule has 1 aliphatic heterocycles. The molecule has 1 saturated carbocycles. The summed E-state index contributed by atoms with van der Waals surface area (Å²) in [5.41, 5.74) is 0.347. The fourth-order valence-electron chi connectivity index (χ4n) is 3.46. The van der Waals surface area contributed by atoms with E-state index in [-0.39, 0.29) is 17.7 Å². The fourth-order valence-corrected chi connectivity index (χ4v) is 5.31. The highest BCUT2D eigenvalue weighted by molar-refractivity contribution is 7.89. The van der Waals surface area contributed by atoms with Gasteiger partial charge in [-0.15, -0.1) is 0 Å². The van der Waals surface area contributed by atoms with E-state index >= 15 is 0 Å². The number of hydrogen-bond donors (Lipinski definition) is 2. The minimum atomic E-state index is -3.56. The van der Waals surface area contributed by atoms with Gasteiger partial charge in [0, 0.05) is 18.2 Å².